The van der Waals surface area contributed by atoms with E-state index in [-0.39, 0.29) is 30.1 Å². The number of rotatable bonds is 1. The normalized spacial score (nSPS) is 44.0. The molecule has 16 heavy (non-hydrogen) atoms. The van der Waals surface area contributed by atoms with Crippen LogP contribution in [-0.2, 0) is 9.53 Å². The van der Waals surface area contributed by atoms with E-state index in [1.807, 2.05) is 18.7 Å². The summed E-state index contributed by atoms with van der Waals surface area (Å²) in [7, 11) is 0. The Kier molecular flexibility index (Phi) is 3.22. The number of carbonyl (C=O) groups is 1. The molecule has 0 saturated carbocycles. The lowest BCUT2D eigenvalue weighted by molar-refractivity contribution is -0.136. The van der Waals surface area contributed by atoms with E-state index in [0.29, 0.717) is 12.5 Å². The third-order valence-corrected chi connectivity index (χ3v) is 4.06. The minimum Gasteiger partial charge on any atom is -0.374 e. The molecule has 0 aromatic carbocycles. The van der Waals surface area contributed by atoms with Crippen molar-refractivity contribution in [2.45, 2.75) is 45.4 Å². The van der Waals surface area contributed by atoms with Gasteiger partial charge in [-0.3, -0.25) is 4.79 Å². The summed E-state index contributed by atoms with van der Waals surface area (Å²) >= 11 is 0. The minimum atomic E-state index is 0.0142. The largest absolute Gasteiger partial charge is 0.374 e. The van der Waals surface area contributed by atoms with Gasteiger partial charge in [-0.25, -0.2) is 0 Å². The second-order valence-corrected chi connectivity index (χ2v) is 5.26. The van der Waals surface area contributed by atoms with Gasteiger partial charge >= 0.3 is 0 Å². The number of amides is 1. The first-order valence-electron chi connectivity index (χ1n) is 6.20. The van der Waals surface area contributed by atoms with Crippen LogP contribution in [0, 0.1) is 11.8 Å². The van der Waals surface area contributed by atoms with Crippen molar-refractivity contribution in [3.63, 3.8) is 0 Å². The summed E-state index contributed by atoms with van der Waals surface area (Å²) in [4.78, 5) is 14.3. The monoisotopic (exact) mass is 226 g/mol. The molecule has 4 nitrogen and oxygen atoms in total. The van der Waals surface area contributed by atoms with Crippen LogP contribution in [-0.4, -0.2) is 42.1 Å². The van der Waals surface area contributed by atoms with Gasteiger partial charge in [0.25, 0.3) is 0 Å². The van der Waals surface area contributed by atoms with E-state index in [0.717, 1.165) is 13.0 Å². The number of nitrogens with two attached hydrogens (primary N) is 1. The van der Waals surface area contributed by atoms with Gasteiger partial charge in [0.1, 0.15) is 0 Å². The summed E-state index contributed by atoms with van der Waals surface area (Å²) in [5.74, 6) is 0.553. The van der Waals surface area contributed by atoms with Crippen molar-refractivity contribution in [2.24, 2.45) is 17.6 Å². The van der Waals surface area contributed by atoms with Gasteiger partial charge in [0.15, 0.2) is 0 Å². The Morgan fingerprint density at radius 2 is 2.00 bits per heavy atom. The summed E-state index contributed by atoms with van der Waals surface area (Å²) in [5, 5.41) is 0. The number of hydrogen-bond acceptors (Lipinski definition) is 3. The summed E-state index contributed by atoms with van der Waals surface area (Å²) in [5.41, 5.74) is 5.83. The molecule has 2 N–H and O–H groups in total. The van der Waals surface area contributed by atoms with Gasteiger partial charge in [-0.15, -0.1) is 0 Å². The first kappa shape index (κ1) is 11.9. The number of nitrogens with zero attached hydrogens (tertiary/aromatic N) is 1. The Morgan fingerprint density at radius 1 is 1.31 bits per heavy atom. The van der Waals surface area contributed by atoms with Crippen molar-refractivity contribution in [3.8, 4) is 0 Å². The summed E-state index contributed by atoms with van der Waals surface area (Å²) in [6.45, 7) is 7.67. The Bertz CT molecular complexity index is 282. The molecule has 0 radical (unpaired) electrons. The van der Waals surface area contributed by atoms with Crippen molar-refractivity contribution < 1.29 is 9.53 Å². The maximum atomic E-state index is 12.3. The molecule has 1 amide bonds. The van der Waals surface area contributed by atoms with E-state index in [4.69, 9.17) is 10.5 Å². The van der Waals surface area contributed by atoms with Crippen molar-refractivity contribution >= 4 is 5.91 Å². The molecule has 0 aromatic heterocycles. The molecular formula is C12H22N2O2. The second kappa shape index (κ2) is 4.34. The zero-order valence-electron chi connectivity index (χ0n) is 10.3. The molecule has 5 atom stereocenters. The molecule has 2 aliphatic rings. The maximum absolute atomic E-state index is 12.3. The summed E-state index contributed by atoms with van der Waals surface area (Å²) < 4.78 is 5.71. The van der Waals surface area contributed by atoms with Gasteiger partial charge < -0.3 is 15.4 Å². The third-order valence-electron chi connectivity index (χ3n) is 4.06. The third kappa shape index (κ3) is 1.96. The van der Waals surface area contributed by atoms with Gasteiger partial charge in [0.05, 0.1) is 18.1 Å². The lowest BCUT2D eigenvalue weighted by Gasteiger charge is -2.24. The fraction of sp³-hybridized carbons (Fsp3) is 0.917. The molecule has 92 valence electrons. The fourth-order valence-corrected chi connectivity index (χ4v) is 2.89. The van der Waals surface area contributed by atoms with Crippen LogP contribution in [0.3, 0.4) is 0 Å². The van der Waals surface area contributed by atoms with Gasteiger partial charge in [-0.2, -0.15) is 0 Å². The van der Waals surface area contributed by atoms with E-state index in [9.17, 15) is 4.79 Å². The Hall–Kier alpha value is -0.610. The van der Waals surface area contributed by atoms with Gasteiger partial charge in [0.2, 0.25) is 5.91 Å². The first-order chi connectivity index (χ1) is 7.50. The molecule has 0 aliphatic carbocycles. The molecule has 0 spiro atoms. The fourth-order valence-electron chi connectivity index (χ4n) is 2.89. The Balaban J connectivity index is 2.04. The van der Waals surface area contributed by atoms with E-state index in [1.165, 1.54) is 0 Å². The summed E-state index contributed by atoms with van der Waals surface area (Å²) in [6.07, 6.45) is 1.15. The molecule has 5 unspecified atom stereocenters. The summed E-state index contributed by atoms with van der Waals surface area (Å²) in [6, 6.07) is 0.161. The van der Waals surface area contributed by atoms with Crippen LogP contribution >= 0.6 is 0 Å². The standard InChI is InChI=1S/C12H22N2O2/c1-7-8(2)16-9(3)11(7)12(15)14-5-4-10(13)6-14/h7-11H,4-6,13H2,1-3H3. The number of likely N-dealkylation sites (tertiary alicyclic amines) is 1. The molecule has 0 aromatic rings. The van der Waals surface area contributed by atoms with Gasteiger partial charge in [0, 0.05) is 19.1 Å². The molecule has 2 aliphatic heterocycles. The zero-order valence-corrected chi connectivity index (χ0v) is 10.3. The van der Waals surface area contributed by atoms with Crippen molar-refractivity contribution in [2.75, 3.05) is 13.1 Å². The van der Waals surface area contributed by atoms with Crippen LogP contribution in [0.4, 0.5) is 0 Å². The van der Waals surface area contributed by atoms with E-state index < -0.39 is 0 Å². The zero-order chi connectivity index (χ0) is 11.9. The SMILES string of the molecule is CC1OC(C)C(C(=O)N2CCC(N)C2)C1C. The average Bonchev–Trinajstić information content (AvgIpc) is 2.73. The predicted molar refractivity (Wildman–Crippen MR) is 61.8 cm³/mol. The minimum absolute atomic E-state index is 0.0142. The number of carbonyl (C=O) groups excluding carboxylic acids is 1. The van der Waals surface area contributed by atoms with Crippen LogP contribution in [0.1, 0.15) is 27.2 Å². The van der Waals surface area contributed by atoms with Gasteiger partial charge in [-0.05, 0) is 26.2 Å². The molecule has 0 bridgehead atoms. The predicted octanol–water partition coefficient (Wildman–Crippen LogP) is 0.606. The van der Waals surface area contributed by atoms with Crippen molar-refractivity contribution in [3.05, 3.63) is 0 Å². The smallest absolute Gasteiger partial charge is 0.228 e. The van der Waals surface area contributed by atoms with Crippen molar-refractivity contribution in [1.29, 1.82) is 0 Å². The van der Waals surface area contributed by atoms with Crippen LogP contribution in [0.2, 0.25) is 0 Å². The number of hydrogen-bond donors (Lipinski definition) is 1. The van der Waals surface area contributed by atoms with Gasteiger partial charge in [-0.1, -0.05) is 6.92 Å². The average molecular weight is 226 g/mol. The molecule has 2 saturated heterocycles. The molecule has 2 fully saturated rings. The highest BCUT2D eigenvalue weighted by Gasteiger charge is 2.44. The highest BCUT2D eigenvalue weighted by Crippen LogP contribution is 2.34. The molecule has 2 rings (SSSR count). The topological polar surface area (TPSA) is 55.6 Å². The molecule has 4 heteroatoms. The highest BCUT2D eigenvalue weighted by atomic mass is 16.5. The van der Waals surface area contributed by atoms with Crippen LogP contribution in [0.5, 0.6) is 0 Å². The van der Waals surface area contributed by atoms with E-state index in [1.54, 1.807) is 0 Å². The Morgan fingerprint density at radius 3 is 2.44 bits per heavy atom. The maximum Gasteiger partial charge on any atom is 0.228 e. The quantitative estimate of drug-likeness (QED) is 0.712. The second-order valence-electron chi connectivity index (χ2n) is 5.26. The first-order valence-corrected chi connectivity index (χ1v) is 6.20. The molecular weight excluding hydrogens is 204 g/mol. The lowest BCUT2D eigenvalue weighted by atomic mass is 9.88. The van der Waals surface area contributed by atoms with E-state index >= 15 is 0 Å². The van der Waals surface area contributed by atoms with Crippen LogP contribution in [0.25, 0.3) is 0 Å². The van der Waals surface area contributed by atoms with E-state index in [2.05, 4.69) is 6.92 Å². The van der Waals surface area contributed by atoms with Crippen molar-refractivity contribution in [1.82, 2.24) is 4.90 Å². The van der Waals surface area contributed by atoms with Crippen LogP contribution < -0.4 is 5.73 Å². The number of ether oxygens (including phenoxy) is 1. The Labute approximate surface area is 97.1 Å². The highest BCUT2D eigenvalue weighted by molar-refractivity contribution is 5.80. The molecule has 2 heterocycles. The lowest BCUT2D eigenvalue weighted by Crippen LogP contribution is -2.40. The van der Waals surface area contributed by atoms with Crippen LogP contribution in [0.15, 0.2) is 0 Å².